The molecule has 3 rings (SSSR count). The summed E-state index contributed by atoms with van der Waals surface area (Å²) in [7, 11) is -3.90. The molecule has 0 aromatic heterocycles. The number of benzene rings is 3. The van der Waals surface area contributed by atoms with Gasteiger partial charge in [-0.3, -0.25) is 4.31 Å². The van der Waals surface area contributed by atoms with Crippen LogP contribution in [0.25, 0.3) is 0 Å². The van der Waals surface area contributed by atoms with Crippen molar-refractivity contribution in [2.75, 3.05) is 17.5 Å². The van der Waals surface area contributed by atoms with E-state index in [0.717, 1.165) is 5.56 Å². The third-order valence-electron chi connectivity index (χ3n) is 4.31. The zero-order valence-corrected chi connectivity index (χ0v) is 18.5. The van der Waals surface area contributed by atoms with Crippen molar-refractivity contribution in [2.45, 2.75) is 18.4 Å². The Balaban J connectivity index is 2.00. The lowest BCUT2D eigenvalue weighted by Crippen LogP contribution is -2.30. The van der Waals surface area contributed by atoms with Crippen molar-refractivity contribution in [1.82, 2.24) is 0 Å². The first-order chi connectivity index (χ1) is 14.9. The van der Waals surface area contributed by atoms with E-state index in [2.05, 4.69) is 0 Å². The molecular formula is C23H22ClNO5S. The molecule has 0 spiro atoms. The lowest BCUT2D eigenvalue weighted by Gasteiger charge is -2.25. The zero-order valence-electron chi connectivity index (χ0n) is 16.9. The predicted molar refractivity (Wildman–Crippen MR) is 120 cm³/mol. The van der Waals surface area contributed by atoms with Gasteiger partial charge in [0.15, 0.2) is 6.61 Å². The molecule has 0 radical (unpaired) electrons. The molecule has 0 N–H and O–H groups in total. The fraction of sp³-hybridized carbons (Fsp3) is 0.174. The minimum atomic E-state index is -3.90. The Kier molecular flexibility index (Phi) is 7.55. The summed E-state index contributed by atoms with van der Waals surface area (Å²) in [5.41, 5.74) is 1.12. The minimum absolute atomic E-state index is 0.0930. The molecule has 0 aliphatic rings. The van der Waals surface area contributed by atoms with Gasteiger partial charge in [0.05, 0.1) is 23.7 Å². The molecule has 0 heterocycles. The number of sulfonamides is 1. The summed E-state index contributed by atoms with van der Waals surface area (Å²) >= 11 is 6.25. The summed E-state index contributed by atoms with van der Waals surface area (Å²) in [5.74, 6) is -0.265. The van der Waals surface area contributed by atoms with Crippen molar-refractivity contribution in [3.8, 4) is 5.75 Å². The number of rotatable bonds is 9. The predicted octanol–water partition coefficient (Wildman–Crippen LogP) is 4.68. The van der Waals surface area contributed by atoms with Crippen LogP contribution in [-0.4, -0.2) is 27.6 Å². The number of esters is 1. The van der Waals surface area contributed by atoms with Gasteiger partial charge in [-0.1, -0.05) is 60.1 Å². The number of hydrogen-bond acceptors (Lipinski definition) is 5. The average molecular weight is 460 g/mol. The summed E-state index contributed by atoms with van der Waals surface area (Å²) in [4.78, 5) is 11.8. The second-order valence-corrected chi connectivity index (χ2v) is 8.85. The maximum absolute atomic E-state index is 13.5. The van der Waals surface area contributed by atoms with Crippen molar-refractivity contribution < 1.29 is 22.7 Å². The largest absolute Gasteiger partial charge is 0.482 e. The highest BCUT2D eigenvalue weighted by Crippen LogP contribution is 2.32. The normalized spacial score (nSPS) is 11.0. The zero-order chi connectivity index (χ0) is 22.3. The molecule has 0 aliphatic carbocycles. The van der Waals surface area contributed by atoms with Gasteiger partial charge in [0.25, 0.3) is 10.0 Å². The summed E-state index contributed by atoms with van der Waals surface area (Å²) < 4.78 is 38.6. The maximum Gasteiger partial charge on any atom is 0.344 e. The van der Waals surface area contributed by atoms with Crippen molar-refractivity contribution in [3.63, 3.8) is 0 Å². The fourth-order valence-electron chi connectivity index (χ4n) is 2.90. The lowest BCUT2D eigenvalue weighted by atomic mass is 10.2. The molecule has 0 unspecified atom stereocenters. The van der Waals surface area contributed by atoms with Crippen molar-refractivity contribution >= 4 is 33.3 Å². The Hall–Kier alpha value is -3.03. The Labute approximate surface area is 187 Å². The van der Waals surface area contributed by atoms with Crippen LogP contribution < -0.4 is 9.04 Å². The first-order valence-electron chi connectivity index (χ1n) is 9.61. The number of carbonyl (C=O) groups is 1. The third kappa shape index (κ3) is 5.99. The van der Waals surface area contributed by atoms with Gasteiger partial charge in [-0.25, -0.2) is 13.2 Å². The molecule has 6 nitrogen and oxygen atoms in total. The van der Waals surface area contributed by atoms with Crippen LogP contribution in [0.3, 0.4) is 0 Å². The number of anilines is 1. The first kappa shape index (κ1) is 22.7. The highest BCUT2D eigenvalue weighted by atomic mass is 35.5. The van der Waals surface area contributed by atoms with Crippen LogP contribution in [0.1, 0.15) is 12.5 Å². The molecule has 3 aromatic rings. The molecular weight excluding hydrogens is 438 g/mol. The van der Waals surface area contributed by atoms with E-state index in [0.29, 0.717) is 5.69 Å². The summed E-state index contributed by atoms with van der Waals surface area (Å²) in [6, 6.07) is 22.0. The molecule has 0 bridgehead atoms. The molecule has 31 heavy (non-hydrogen) atoms. The molecule has 8 heteroatoms. The highest BCUT2D eigenvalue weighted by Gasteiger charge is 2.26. The van der Waals surface area contributed by atoms with E-state index in [4.69, 9.17) is 21.1 Å². The third-order valence-corrected chi connectivity index (χ3v) is 6.31. The van der Waals surface area contributed by atoms with E-state index in [1.165, 1.54) is 28.6 Å². The topological polar surface area (TPSA) is 72.9 Å². The molecule has 0 saturated carbocycles. The smallest absolute Gasteiger partial charge is 0.344 e. The second-order valence-electron chi connectivity index (χ2n) is 6.55. The summed E-state index contributed by atoms with van der Waals surface area (Å²) in [6.07, 6.45) is 0. The van der Waals surface area contributed by atoms with Crippen molar-refractivity contribution in [3.05, 3.63) is 89.4 Å². The standard InChI is InChI=1S/C23H22ClNO5S/c1-2-29-23(26)17-30-21-14-19(24)13-20(15-21)25(16-18-9-5-3-6-10-18)31(27,28)22-11-7-4-8-12-22/h3-15H,2,16-17H2,1H3. The van der Waals surface area contributed by atoms with Crippen LogP contribution in [0.15, 0.2) is 83.8 Å². The van der Waals surface area contributed by atoms with Gasteiger partial charge in [0.1, 0.15) is 5.75 Å². The van der Waals surface area contributed by atoms with Gasteiger partial charge in [0, 0.05) is 11.1 Å². The second kappa shape index (κ2) is 10.3. The Morgan fingerprint density at radius 3 is 2.26 bits per heavy atom. The quantitative estimate of drug-likeness (QED) is 0.434. The van der Waals surface area contributed by atoms with E-state index in [1.807, 2.05) is 30.3 Å². The van der Waals surface area contributed by atoms with Gasteiger partial charge in [-0.05, 0) is 36.8 Å². The van der Waals surface area contributed by atoms with Gasteiger partial charge in [-0.2, -0.15) is 0 Å². The van der Waals surface area contributed by atoms with Crippen LogP contribution in [0.4, 0.5) is 5.69 Å². The van der Waals surface area contributed by atoms with Crippen LogP contribution in [0.5, 0.6) is 5.75 Å². The number of ether oxygens (including phenoxy) is 2. The molecule has 0 amide bonds. The van der Waals surface area contributed by atoms with Gasteiger partial charge in [0.2, 0.25) is 0 Å². The molecule has 0 atom stereocenters. The van der Waals surface area contributed by atoms with Crippen LogP contribution in [0.2, 0.25) is 5.02 Å². The number of halogens is 1. The molecule has 0 saturated heterocycles. The maximum atomic E-state index is 13.5. The van der Waals surface area contributed by atoms with Gasteiger partial charge >= 0.3 is 5.97 Å². The highest BCUT2D eigenvalue weighted by molar-refractivity contribution is 7.92. The molecule has 3 aromatic carbocycles. The van der Waals surface area contributed by atoms with E-state index in [1.54, 1.807) is 31.2 Å². The van der Waals surface area contributed by atoms with Crippen molar-refractivity contribution in [2.24, 2.45) is 0 Å². The Morgan fingerprint density at radius 1 is 0.968 bits per heavy atom. The number of hydrogen-bond donors (Lipinski definition) is 0. The van der Waals surface area contributed by atoms with E-state index >= 15 is 0 Å². The average Bonchev–Trinajstić information content (AvgIpc) is 2.77. The van der Waals surface area contributed by atoms with E-state index < -0.39 is 16.0 Å². The summed E-state index contributed by atoms with van der Waals surface area (Å²) in [6.45, 7) is 1.72. The van der Waals surface area contributed by atoms with Gasteiger partial charge in [-0.15, -0.1) is 0 Å². The van der Waals surface area contributed by atoms with Crippen LogP contribution >= 0.6 is 11.6 Å². The van der Waals surface area contributed by atoms with E-state index in [-0.39, 0.29) is 35.4 Å². The SMILES string of the molecule is CCOC(=O)COc1cc(Cl)cc(N(Cc2ccccc2)S(=O)(=O)c2ccccc2)c1. The monoisotopic (exact) mass is 459 g/mol. The Bertz CT molecular complexity index is 1120. The molecule has 162 valence electrons. The molecule has 0 aliphatic heterocycles. The van der Waals surface area contributed by atoms with Crippen LogP contribution in [0, 0.1) is 0 Å². The lowest BCUT2D eigenvalue weighted by molar-refractivity contribution is -0.145. The summed E-state index contributed by atoms with van der Waals surface area (Å²) in [5, 5.41) is 0.276. The minimum Gasteiger partial charge on any atom is -0.482 e. The first-order valence-corrected chi connectivity index (χ1v) is 11.4. The van der Waals surface area contributed by atoms with E-state index in [9.17, 15) is 13.2 Å². The molecule has 0 fully saturated rings. The number of carbonyl (C=O) groups excluding carboxylic acids is 1. The Morgan fingerprint density at radius 2 is 1.61 bits per heavy atom. The van der Waals surface area contributed by atoms with Gasteiger partial charge < -0.3 is 9.47 Å². The fourth-order valence-corrected chi connectivity index (χ4v) is 4.58. The number of nitrogens with zero attached hydrogens (tertiary/aromatic N) is 1. The van der Waals surface area contributed by atoms with Crippen molar-refractivity contribution in [1.29, 1.82) is 0 Å². The van der Waals surface area contributed by atoms with Crippen LogP contribution in [-0.2, 0) is 26.1 Å².